The highest BCUT2D eigenvalue weighted by Crippen LogP contribution is 2.23. The van der Waals surface area contributed by atoms with Crippen molar-refractivity contribution in [3.8, 4) is 0 Å². The van der Waals surface area contributed by atoms with Gasteiger partial charge in [-0.05, 0) is 12.3 Å². The Labute approximate surface area is 174 Å². The molecule has 0 aliphatic rings. The smallest absolute Gasteiger partial charge is 0.278 e. The summed E-state index contributed by atoms with van der Waals surface area (Å²) in [6, 6.07) is 0. The molecule has 1 atom stereocenters. The van der Waals surface area contributed by atoms with Gasteiger partial charge in [0.1, 0.15) is 0 Å². The van der Waals surface area contributed by atoms with Gasteiger partial charge in [0.05, 0.1) is 12.1 Å². The molecule has 0 fully saturated rings. The van der Waals surface area contributed by atoms with E-state index in [-0.39, 0.29) is 5.92 Å². The molecular formula is C23H50N2O3. The third kappa shape index (κ3) is 17.9. The van der Waals surface area contributed by atoms with Gasteiger partial charge in [0.15, 0.2) is 0 Å². The first kappa shape index (κ1) is 27.8. The fourth-order valence-electron chi connectivity index (χ4n) is 3.85. The molecule has 0 aromatic carbocycles. The number of hydrogen-bond donors (Lipinski definition) is 5. The zero-order valence-corrected chi connectivity index (χ0v) is 18.8. The van der Waals surface area contributed by atoms with E-state index in [2.05, 4.69) is 6.92 Å². The highest BCUT2D eigenvalue weighted by atomic mass is 16.7. The molecular weight excluding hydrogens is 352 g/mol. The molecule has 0 saturated heterocycles. The van der Waals surface area contributed by atoms with Gasteiger partial charge in [-0.3, -0.25) is 0 Å². The predicted molar refractivity (Wildman–Crippen MR) is 118 cm³/mol. The van der Waals surface area contributed by atoms with Crippen molar-refractivity contribution < 1.29 is 15.3 Å². The number of hydrogen-bond acceptors (Lipinski definition) is 5. The van der Waals surface area contributed by atoms with Crippen LogP contribution >= 0.6 is 0 Å². The van der Waals surface area contributed by atoms with Gasteiger partial charge in [0, 0.05) is 0 Å². The molecule has 0 aromatic heterocycles. The summed E-state index contributed by atoms with van der Waals surface area (Å²) in [5.41, 5.74) is 10.6. The van der Waals surface area contributed by atoms with Crippen molar-refractivity contribution in [3.63, 3.8) is 0 Å². The minimum Gasteiger partial charge on any atom is -0.344 e. The van der Waals surface area contributed by atoms with Gasteiger partial charge < -0.3 is 26.8 Å². The monoisotopic (exact) mass is 402 g/mol. The van der Waals surface area contributed by atoms with E-state index >= 15 is 0 Å². The van der Waals surface area contributed by atoms with Crippen LogP contribution in [-0.2, 0) is 0 Å². The van der Waals surface area contributed by atoms with Crippen LogP contribution < -0.4 is 11.5 Å². The van der Waals surface area contributed by atoms with E-state index in [4.69, 9.17) is 26.8 Å². The van der Waals surface area contributed by atoms with Crippen LogP contribution in [0.5, 0.6) is 0 Å². The summed E-state index contributed by atoms with van der Waals surface area (Å²) in [6.07, 6.45) is 21.8. The van der Waals surface area contributed by atoms with Crippen LogP contribution in [0.1, 0.15) is 129 Å². The van der Waals surface area contributed by atoms with Crippen LogP contribution in [0.3, 0.4) is 0 Å². The lowest BCUT2D eigenvalue weighted by molar-refractivity contribution is -0.322. The molecule has 0 aliphatic carbocycles. The zero-order valence-electron chi connectivity index (χ0n) is 18.8. The van der Waals surface area contributed by atoms with Gasteiger partial charge >= 0.3 is 0 Å². The normalized spacial score (nSPS) is 13.8. The van der Waals surface area contributed by atoms with Crippen molar-refractivity contribution in [2.75, 3.05) is 0 Å². The van der Waals surface area contributed by atoms with E-state index in [1.165, 1.54) is 89.9 Å². The fourth-order valence-corrected chi connectivity index (χ4v) is 3.85. The average molecular weight is 403 g/mol. The first-order valence-corrected chi connectivity index (χ1v) is 11.9. The minimum absolute atomic E-state index is 0.0787. The lowest BCUT2D eigenvalue weighted by Gasteiger charge is -2.34. The average Bonchev–Trinajstić information content (AvgIpc) is 2.59. The van der Waals surface area contributed by atoms with Crippen LogP contribution in [0.25, 0.3) is 0 Å². The molecule has 0 amide bonds. The van der Waals surface area contributed by atoms with Gasteiger partial charge in [0.2, 0.25) is 0 Å². The third-order valence-electron chi connectivity index (χ3n) is 5.95. The van der Waals surface area contributed by atoms with E-state index in [0.717, 1.165) is 19.3 Å². The van der Waals surface area contributed by atoms with Gasteiger partial charge in [-0.1, -0.05) is 117 Å². The fraction of sp³-hybridized carbons (Fsp3) is 1.00. The quantitative estimate of drug-likeness (QED) is 0.147. The zero-order chi connectivity index (χ0) is 21.3. The van der Waals surface area contributed by atoms with Gasteiger partial charge in [-0.25, -0.2) is 0 Å². The number of aliphatic hydroxyl groups is 3. The van der Waals surface area contributed by atoms with Crippen molar-refractivity contribution in [1.82, 2.24) is 0 Å². The lowest BCUT2D eigenvalue weighted by Crippen LogP contribution is -2.59. The molecule has 5 nitrogen and oxygen atoms in total. The summed E-state index contributed by atoms with van der Waals surface area (Å²) in [7, 11) is 0. The molecule has 0 heterocycles. The van der Waals surface area contributed by atoms with E-state index < -0.39 is 18.1 Å². The molecule has 0 radical (unpaired) electrons. The molecule has 0 rings (SSSR count). The molecule has 28 heavy (non-hydrogen) atoms. The Kier molecular flexibility index (Phi) is 16.5. The second-order valence-electron chi connectivity index (χ2n) is 9.06. The Hall–Kier alpha value is -0.200. The SMILES string of the molecule is CCCCCCCCCCCCCCCCCCC(C)C(N)(N)CC(O)(O)O. The molecule has 0 aliphatic heterocycles. The molecule has 5 heteroatoms. The summed E-state index contributed by atoms with van der Waals surface area (Å²) in [6.45, 7) is 4.17. The molecule has 1 unspecified atom stereocenters. The van der Waals surface area contributed by atoms with Crippen LogP contribution in [0.15, 0.2) is 0 Å². The van der Waals surface area contributed by atoms with Crippen molar-refractivity contribution in [1.29, 1.82) is 0 Å². The third-order valence-corrected chi connectivity index (χ3v) is 5.95. The summed E-state index contributed by atoms with van der Waals surface area (Å²) in [5, 5.41) is 27.2. The van der Waals surface area contributed by atoms with Crippen molar-refractivity contribution in [3.05, 3.63) is 0 Å². The number of rotatable bonds is 20. The predicted octanol–water partition coefficient (Wildman–Crippen LogP) is 4.91. The lowest BCUT2D eigenvalue weighted by atomic mass is 9.87. The standard InChI is InChI=1S/C23H50N2O3/c1-3-4-5-6-7-8-9-10-11-12-13-14-15-16-17-18-19-21(2)22(24,25)20-23(26,27)28/h21,26-28H,3-20,24-25H2,1-2H3. The first-order valence-electron chi connectivity index (χ1n) is 11.9. The summed E-state index contributed by atoms with van der Waals surface area (Å²) in [4.78, 5) is 0. The van der Waals surface area contributed by atoms with Crippen molar-refractivity contribution in [2.45, 2.75) is 141 Å². The largest absolute Gasteiger partial charge is 0.344 e. The second-order valence-corrected chi connectivity index (χ2v) is 9.06. The van der Waals surface area contributed by atoms with E-state index in [0.29, 0.717) is 0 Å². The van der Waals surface area contributed by atoms with E-state index in [9.17, 15) is 0 Å². The maximum atomic E-state index is 9.07. The van der Waals surface area contributed by atoms with Crippen LogP contribution in [0.2, 0.25) is 0 Å². The van der Waals surface area contributed by atoms with E-state index in [1.54, 1.807) is 0 Å². The van der Waals surface area contributed by atoms with Crippen molar-refractivity contribution >= 4 is 0 Å². The van der Waals surface area contributed by atoms with Gasteiger partial charge in [-0.15, -0.1) is 0 Å². The molecule has 170 valence electrons. The van der Waals surface area contributed by atoms with Gasteiger partial charge in [0.25, 0.3) is 5.97 Å². The molecule has 0 spiro atoms. The van der Waals surface area contributed by atoms with Crippen LogP contribution in [-0.4, -0.2) is 27.0 Å². The van der Waals surface area contributed by atoms with Crippen LogP contribution in [0, 0.1) is 5.92 Å². The molecule has 7 N–H and O–H groups in total. The van der Waals surface area contributed by atoms with Gasteiger partial charge in [-0.2, -0.15) is 0 Å². The Morgan fingerprint density at radius 1 is 0.607 bits per heavy atom. The number of unbranched alkanes of at least 4 members (excludes halogenated alkanes) is 15. The Bertz CT molecular complexity index is 343. The molecule has 0 bridgehead atoms. The maximum absolute atomic E-state index is 9.07. The Morgan fingerprint density at radius 3 is 1.25 bits per heavy atom. The highest BCUT2D eigenvalue weighted by molar-refractivity contribution is 4.85. The number of nitrogens with two attached hydrogens (primary N) is 2. The summed E-state index contributed by atoms with van der Waals surface area (Å²) < 4.78 is 0. The molecule has 0 aromatic rings. The van der Waals surface area contributed by atoms with Crippen LogP contribution in [0.4, 0.5) is 0 Å². The minimum atomic E-state index is -2.80. The second kappa shape index (κ2) is 16.6. The Balaban J connectivity index is 3.37. The van der Waals surface area contributed by atoms with E-state index in [1.807, 2.05) is 6.92 Å². The first-order chi connectivity index (χ1) is 13.2. The molecule has 0 saturated carbocycles. The maximum Gasteiger partial charge on any atom is 0.278 e. The Morgan fingerprint density at radius 2 is 0.929 bits per heavy atom. The summed E-state index contributed by atoms with van der Waals surface area (Å²) in [5.74, 6) is -2.88. The van der Waals surface area contributed by atoms with Crippen molar-refractivity contribution in [2.24, 2.45) is 17.4 Å². The topological polar surface area (TPSA) is 113 Å². The summed E-state index contributed by atoms with van der Waals surface area (Å²) >= 11 is 0. The highest BCUT2D eigenvalue weighted by Gasteiger charge is 2.35.